The number of hydrogen-bond donors (Lipinski definition) is 0. The second kappa shape index (κ2) is 9.04. The van der Waals surface area contributed by atoms with Gasteiger partial charge in [0.05, 0.1) is 29.0 Å². The molecule has 0 aliphatic rings. The summed E-state index contributed by atoms with van der Waals surface area (Å²) in [6.45, 7) is 5.63. The zero-order chi connectivity index (χ0) is 21.8. The van der Waals surface area contributed by atoms with E-state index in [9.17, 15) is 14.4 Å². The lowest BCUT2D eigenvalue weighted by atomic mass is 10.2. The third kappa shape index (κ3) is 4.48. The van der Waals surface area contributed by atoms with Crippen LogP contribution in [0.2, 0.25) is 0 Å². The van der Waals surface area contributed by atoms with E-state index in [1.165, 1.54) is 11.3 Å². The molecule has 158 valence electrons. The molecule has 1 amide bonds. The van der Waals surface area contributed by atoms with Crippen LogP contribution in [-0.4, -0.2) is 45.4 Å². The summed E-state index contributed by atoms with van der Waals surface area (Å²) in [6.07, 6.45) is 1.73. The van der Waals surface area contributed by atoms with Gasteiger partial charge in [0.2, 0.25) is 0 Å². The summed E-state index contributed by atoms with van der Waals surface area (Å²) in [6, 6.07) is 4.98. The molecule has 9 nitrogen and oxygen atoms in total. The number of hydrogen-bond acceptors (Lipinski definition) is 7. The van der Waals surface area contributed by atoms with Crippen LogP contribution in [0.5, 0.6) is 0 Å². The number of benzene rings is 1. The summed E-state index contributed by atoms with van der Waals surface area (Å²) in [5, 5.41) is 4.15. The highest BCUT2D eigenvalue weighted by molar-refractivity contribution is 7.16. The number of esters is 2. The van der Waals surface area contributed by atoms with Gasteiger partial charge in [-0.05, 0) is 39.0 Å². The average molecular weight is 430 g/mol. The summed E-state index contributed by atoms with van der Waals surface area (Å²) in [5.41, 5.74) is 1.98. The van der Waals surface area contributed by atoms with Crippen molar-refractivity contribution in [3.63, 3.8) is 0 Å². The molecule has 0 saturated heterocycles. The predicted molar refractivity (Wildman–Crippen MR) is 110 cm³/mol. The van der Waals surface area contributed by atoms with Gasteiger partial charge in [0.1, 0.15) is 6.54 Å². The van der Waals surface area contributed by atoms with Gasteiger partial charge in [0.15, 0.2) is 10.5 Å². The minimum absolute atomic E-state index is 0.111. The Bertz CT molecular complexity index is 1190. The molecule has 0 bridgehead atoms. The van der Waals surface area contributed by atoms with Crippen molar-refractivity contribution in [3.05, 3.63) is 46.0 Å². The van der Waals surface area contributed by atoms with E-state index >= 15 is 0 Å². The van der Waals surface area contributed by atoms with Crippen molar-refractivity contribution in [2.75, 3.05) is 13.2 Å². The first kappa shape index (κ1) is 21.4. The van der Waals surface area contributed by atoms with Crippen LogP contribution in [0, 0.1) is 6.92 Å². The molecule has 2 aromatic heterocycles. The lowest BCUT2D eigenvalue weighted by Crippen LogP contribution is -2.23. The van der Waals surface area contributed by atoms with Crippen LogP contribution in [0.25, 0.3) is 10.2 Å². The maximum atomic E-state index is 12.7. The number of carbonyl (C=O) groups is 3. The van der Waals surface area contributed by atoms with Gasteiger partial charge in [-0.15, -0.1) is 0 Å². The number of fused-ring (bicyclic) bond motifs is 1. The molecule has 0 N–H and O–H groups in total. The zero-order valence-electron chi connectivity index (χ0n) is 17.2. The molecule has 30 heavy (non-hydrogen) atoms. The van der Waals surface area contributed by atoms with E-state index in [-0.39, 0.29) is 25.5 Å². The summed E-state index contributed by atoms with van der Waals surface area (Å²) in [5.74, 6) is -1.40. The smallest absolute Gasteiger partial charge is 0.338 e. The Morgan fingerprint density at radius 3 is 2.53 bits per heavy atom. The molecule has 0 saturated carbocycles. The monoisotopic (exact) mass is 430 g/mol. The first-order chi connectivity index (χ1) is 14.3. The third-order valence-electron chi connectivity index (χ3n) is 4.20. The first-order valence-electron chi connectivity index (χ1n) is 9.39. The summed E-state index contributed by atoms with van der Waals surface area (Å²) in [4.78, 5) is 41.4. The maximum absolute atomic E-state index is 12.7. The van der Waals surface area contributed by atoms with Crippen LogP contribution in [0.4, 0.5) is 0 Å². The number of thiazole rings is 1. The number of carbonyl (C=O) groups excluding carboxylic acids is 3. The van der Waals surface area contributed by atoms with Gasteiger partial charge in [0.25, 0.3) is 5.91 Å². The molecular formula is C20H22N4O5S. The Kier molecular flexibility index (Phi) is 6.46. The van der Waals surface area contributed by atoms with Crippen LogP contribution in [0.15, 0.2) is 29.4 Å². The molecule has 0 radical (unpaired) electrons. The normalized spacial score (nSPS) is 11.7. The predicted octanol–water partition coefficient (Wildman–Crippen LogP) is 2.23. The highest BCUT2D eigenvalue weighted by Gasteiger charge is 2.17. The van der Waals surface area contributed by atoms with Gasteiger partial charge >= 0.3 is 11.9 Å². The van der Waals surface area contributed by atoms with Crippen LogP contribution in [-0.2, 0) is 27.9 Å². The number of amides is 1. The van der Waals surface area contributed by atoms with Crippen molar-refractivity contribution in [2.24, 2.45) is 12.0 Å². The van der Waals surface area contributed by atoms with E-state index in [0.29, 0.717) is 26.1 Å². The second-order valence-electron chi connectivity index (χ2n) is 6.43. The molecule has 0 atom stereocenters. The van der Waals surface area contributed by atoms with E-state index in [1.807, 2.05) is 0 Å². The molecule has 3 aromatic rings. The highest BCUT2D eigenvalue weighted by Crippen LogP contribution is 2.20. The summed E-state index contributed by atoms with van der Waals surface area (Å²) in [7, 11) is 1.72. The highest BCUT2D eigenvalue weighted by atomic mass is 32.1. The Labute approximate surface area is 176 Å². The van der Waals surface area contributed by atoms with E-state index < -0.39 is 17.8 Å². The Hall–Kier alpha value is -3.27. The van der Waals surface area contributed by atoms with Crippen molar-refractivity contribution >= 4 is 39.4 Å². The Morgan fingerprint density at radius 1 is 1.17 bits per heavy atom. The van der Waals surface area contributed by atoms with Gasteiger partial charge in [-0.1, -0.05) is 11.3 Å². The fourth-order valence-electron chi connectivity index (χ4n) is 2.95. The standard InChI is InChI=1S/C20H22N4O5S/c1-5-28-16(25)11-24-14-8-7-13(19(27)29-6-2)9-15(14)30-20(24)21-18(26)17-12(3)10-23(4)22-17/h7-10H,5-6,11H2,1-4H3. The largest absolute Gasteiger partial charge is 0.465 e. The fourth-order valence-corrected chi connectivity index (χ4v) is 4.01. The molecule has 1 aromatic carbocycles. The van der Waals surface area contributed by atoms with Gasteiger partial charge in [-0.2, -0.15) is 10.1 Å². The molecule has 3 rings (SSSR count). The molecule has 0 aliphatic heterocycles. The maximum Gasteiger partial charge on any atom is 0.338 e. The van der Waals surface area contributed by atoms with Crippen LogP contribution < -0.4 is 4.80 Å². The SMILES string of the molecule is CCOC(=O)Cn1c(=NC(=O)c2nn(C)cc2C)sc2cc(C(=O)OCC)ccc21. The van der Waals surface area contributed by atoms with Crippen LogP contribution in [0.1, 0.15) is 40.3 Å². The van der Waals surface area contributed by atoms with Crippen LogP contribution >= 0.6 is 11.3 Å². The molecule has 2 heterocycles. The van der Waals surface area contributed by atoms with Gasteiger partial charge < -0.3 is 14.0 Å². The molecule has 10 heteroatoms. The zero-order valence-corrected chi connectivity index (χ0v) is 18.0. The summed E-state index contributed by atoms with van der Waals surface area (Å²) < 4.78 is 13.9. The van der Waals surface area contributed by atoms with Crippen molar-refractivity contribution in [2.45, 2.75) is 27.3 Å². The second-order valence-corrected chi connectivity index (χ2v) is 7.44. The Morgan fingerprint density at radius 2 is 1.90 bits per heavy atom. The topological polar surface area (TPSA) is 105 Å². The third-order valence-corrected chi connectivity index (χ3v) is 5.24. The van der Waals surface area contributed by atoms with Gasteiger partial charge in [0, 0.05) is 18.8 Å². The molecule has 0 spiro atoms. The quantitative estimate of drug-likeness (QED) is 0.556. The lowest BCUT2D eigenvalue weighted by Gasteiger charge is -2.06. The number of aromatic nitrogens is 3. The van der Waals surface area contributed by atoms with E-state index in [1.54, 1.807) is 61.5 Å². The van der Waals surface area contributed by atoms with Crippen molar-refractivity contribution in [3.8, 4) is 0 Å². The molecule has 0 aliphatic carbocycles. The minimum Gasteiger partial charge on any atom is -0.465 e. The lowest BCUT2D eigenvalue weighted by molar-refractivity contribution is -0.143. The van der Waals surface area contributed by atoms with Gasteiger partial charge in [-0.25, -0.2) is 4.79 Å². The number of nitrogens with zero attached hydrogens (tertiary/aromatic N) is 4. The summed E-state index contributed by atoms with van der Waals surface area (Å²) >= 11 is 1.19. The number of aryl methyl sites for hydroxylation is 2. The average Bonchev–Trinajstić information content (AvgIpc) is 3.20. The van der Waals surface area contributed by atoms with Crippen LogP contribution in [0.3, 0.4) is 0 Å². The van der Waals surface area contributed by atoms with E-state index in [2.05, 4.69) is 10.1 Å². The first-order valence-corrected chi connectivity index (χ1v) is 10.2. The Balaban J connectivity index is 2.12. The molecule has 0 fully saturated rings. The van der Waals surface area contributed by atoms with E-state index in [0.717, 1.165) is 0 Å². The van der Waals surface area contributed by atoms with Crippen molar-refractivity contribution in [1.82, 2.24) is 14.3 Å². The molecular weight excluding hydrogens is 408 g/mol. The minimum atomic E-state index is -0.511. The van der Waals surface area contributed by atoms with Gasteiger partial charge in [-0.3, -0.25) is 14.3 Å². The number of rotatable bonds is 6. The van der Waals surface area contributed by atoms with Crippen molar-refractivity contribution in [1.29, 1.82) is 0 Å². The molecule has 0 unspecified atom stereocenters. The van der Waals surface area contributed by atoms with E-state index in [4.69, 9.17) is 9.47 Å². The fraction of sp³-hybridized carbons (Fsp3) is 0.350. The van der Waals surface area contributed by atoms with Crippen molar-refractivity contribution < 1.29 is 23.9 Å². The number of ether oxygens (including phenoxy) is 2.